The predicted molar refractivity (Wildman–Crippen MR) is 61.1 cm³/mol. The zero-order chi connectivity index (χ0) is 14.0. The van der Waals surface area contributed by atoms with Gasteiger partial charge in [0.2, 0.25) is 11.1 Å². The van der Waals surface area contributed by atoms with E-state index in [1.807, 2.05) is 0 Å². The van der Waals surface area contributed by atoms with E-state index < -0.39 is 28.7 Å². The van der Waals surface area contributed by atoms with E-state index in [0.717, 1.165) is 30.0 Å². The van der Waals surface area contributed by atoms with Crippen LogP contribution in [0.2, 0.25) is 0 Å². The summed E-state index contributed by atoms with van der Waals surface area (Å²) in [6.45, 7) is 0. The fraction of sp³-hybridized carbons (Fsp3) is 0.0833. The molecule has 1 heterocycles. The lowest BCUT2D eigenvalue weighted by Gasteiger charge is -2.07. The standard InChI is InChI=1S/C12H8F2N2O3/c1-19-12(18)11-10(17)4-5-16(15-11)9-3-2-7(13)6-8(9)14/h2-6H,1H3. The van der Waals surface area contributed by atoms with Gasteiger partial charge in [0.1, 0.15) is 11.5 Å². The number of methoxy groups -OCH3 is 1. The van der Waals surface area contributed by atoms with E-state index in [1.165, 1.54) is 6.20 Å². The van der Waals surface area contributed by atoms with E-state index in [1.54, 1.807) is 0 Å². The summed E-state index contributed by atoms with van der Waals surface area (Å²) < 4.78 is 31.7. The molecule has 0 radical (unpaired) electrons. The number of carbonyl (C=O) groups excluding carboxylic acids is 1. The highest BCUT2D eigenvalue weighted by Crippen LogP contribution is 2.13. The molecule has 5 nitrogen and oxygen atoms in total. The van der Waals surface area contributed by atoms with Crippen LogP contribution in [-0.2, 0) is 4.74 Å². The Morgan fingerprint density at radius 3 is 2.68 bits per heavy atom. The number of nitrogens with zero attached hydrogens (tertiary/aromatic N) is 2. The van der Waals surface area contributed by atoms with Gasteiger partial charge in [-0.1, -0.05) is 0 Å². The van der Waals surface area contributed by atoms with Crippen molar-refractivity contribution in [3.05, 3.63) is 58.0 Å². The van der Waals surface area contributed by atoms with Crippen LogP contribution in [0.1, 0.15) is 10.5 Å². The average Bonchev–Trinajstić information content (AvgIpc) is 2.39. The van der Waals surface area contributed by atoms with Crippen LogP contribution in [0.3, 0.4) is 0 Å². The maximum atomic E-state index is 13.6. The number of benzene rings is 1. The highest BCUT2D eigenvalue weighted by Gasteiger charge is 2.14. The Morgan fingerprint density at radius 1 is 1.32 bits per heavy atom. The van der Waals surface area contributed by atoms with Gasteiger partial charge < -0.3 is 4.74 Å². The number of halogens is 2. The van der Waals surface area contributed by atoms with Gasteiger partial charge in [-0.3, -0.25) is 4.79 Å². The first-order valence-electron chi connectivity index (χ1n) is 5.16. The van der Waals surface area contributed by atoms with Crippen LogP contribution >= 0.6 is 0 Å². The van der Waals surface area contributed by atoms with Crippen molar-refractivity contribution in [2.75, 3.05) is 7.11 Å². The van der Waals surface area contributed by atoms with E-state index in [4.69, 9.17) is 0 Å². The predicted octanol–water partition coefficient (Wildman–Crippen LogP) is 1.30. The Morgan fingerprint density at radius 2 is 2.05 bits per heavy atom. The van der Waals surface area contributed by atoms with Crippen molar-refractivity contribution >= 4 is 5.97 Å². The van der Waals surface area contributed by atoms with Crippen molar-refractivity contribution in [1.29, 1.82) is 0 Å². The van der Waals surface area contributed by atoms with Gasteiger partial charge in [0.25, 0.3) is 0 Å². The van der Waals surface area contributed by atoms with Gasteiger partial charge in [0, 0.05) is 18.3 Å². The molecule has 0 aliphatic rings. The molecule has 0 unspecified atom stereocenters. The normalized spacial score (nSPS) is 10.3. The molecule has 2 rings (SSSR count). The Balaban J connectivity index is 2.57. The van der Waals surface area contributed by atoms with Crippen molar-refractivity contribution in [3.8, 4) is 5.69 Å². The molecule has 98 valence electrons. The summed E-state index contributed by atoms with van der Waals surface area (Å²) in [5, 5.41) is 3.67. The Hall–Kier alpha value is -2.57. The second-order valence-electron chi connectivity index (χ2n) is 3.56. The fourth-order valence-corrected chi connectivity index (χ4v) is 1.45. The van der Waals surface area contributed by atoms with Crippen molar-refractivity contribution in [2.24, 2.45) is 0 Å². The van der Waals surface area contributed by atoms with Gasteiger partial charge in [0.05, 0.1) is 7.11 Å². The lowest BCUT2D eigenvalue weighted by atomic mass is 10.3. The zero-order valence-corrected chi connectivity index (χ0v) is 9.76. The fourth-order valence-electron chi connectivity index (χ4n) is 1.45. The first-order chi connectivity index (χ1) is 9.02. The third-order valence-corrected chi connectivity index (χ3v) is 2.34. The van der Waals surface area contributed by atoms with E-state index in [9.17, 15) is 18.4 Å². The maximum Gasteiger partial charge on any atom is 0.362 e. The van der Waals surface area contributed by atoms with E-state index in [0.29, 0.717) is 6.07 Å². The Bertz CT molecular complexity index is 698. The second kappa shape index (κ2) is 4.97. The van der Waals surface area contributed by atoms with Gasteiger partial charge in [-0.05, 0) is 12.1 Å². The molecular weight excluding hydrogens is 258 g/mol. The SMILES string of the molecule is COC(=O)c1nn(-c2ccc(F)cc2F)ccc1=O. The lowest BCUT2D eigenvalue weighted by Crippen LogP contribution is -2.21. The third-order valence-electron chi connectivity index (χ3n) is 2.34. The third kappa shape index (κ3) is 2.49. The van der Waals surface area contributed by atoms with Gasteiger partial charge in [-0.25, -0.2) is 18.3 Å². The number of carbonyl (C=O) groups is 1. The molecule has 0 aliphatic carbocycles. The molecule has 0 saturated heterocycles. The second-order valence-corrected chi connectivity index (χ2v) is 3.56. The van der Waals surface area contributed by atoms with Crippen LogP contribution in [0.15, 0.2) is 35.3 Å². The van der Waals surface area contributed by atoms with Crippen LogP contribution in [-0.4, -0.2) is 22.9 Å². The summed E-state index contributed by atoms with van der Waals surface area (Å²) in [6, 6.07) is 3.90. The van der Waals surface area contributed by atoms with E-state index in [2.05, 4.69) is 9.84 Å². The van der Waals surface area contributed by atoms with Crippen LogP contribution in [0, 0.1) is 11.6 Å². The molecule has 0 atom stereocenters. The van der Waals surface area contributed by atoms with Crippen LogP contribution < -0.4 is 5.43 Å². The number of hydrogen-bond acceptors (Lipinski definition) is 4. The number of hydrogen-bond donors (Lipinski definition) is 0. The monoisotopic (exact) mass is 266 g/mol. The molecule has 2 aromatic rings. The molecule has 1 aromatic carbocycles. The van der Waals surface area contributed by atoms with E-state index >= 15 is 0 Å². The summed E-state index contributed by atoms with van der Waals surface area (Å²) in [4.78, 5) is 22.7. The molecule has 0 aliphatic heterocycles. The molecule has 7 heteroatoms. The molecule has 1 aromatic heterocycles. The van der Waals surface area contributed by atoms with Gasteiger partial charge in [0.15, 0.2) is 5.82 Å². The number of esters is 1. The van der Waals surface area contributed by atoms with Gasteiger partial charge in [-0.15, -0.1) is 0 Å². The first-order valence-corrected chi connectivity index (χ1v) is 5.16. The molecule has 0 N–H and O–H groups in total. The summed E-state index contributed by atoms with van der Waals surface area (Å²) in [7, 11) is 1.10. The largest absolute Gasteiger partial charge is 0.464 e. The zero-order valence-electron chi connectivity index (χ0n) is 9.76. The van der Waals surface area contributed by atoms with E-state index in [-0.39, 0.29) is 5.69 Å². The highest BCUT2D eigenvalue weighted by atomic mass is 19.1. The minimum absolute atomic E-state index is 0.0912. The average molecular weight is 266 g/mol. The number of rotatable bonds is 2. The Labute approximate surface area is 106 Å². The first kappa shape index (κ1) is 12.9. The molecule has 0 fully saturated rings. The minimum atomic E-state index is -0.929. The molecule has 0 saturated carbocycles. The van der Waals surface area contributed by atoms with Crippen molar-refractivity contribution in [3.63, 3.8) is 0 Å². The van der Waals surface area contributed by atoms with Crippen molar-refractivity contribution in [2.45, 2.75) is 0 Å². The quantitative estimate of drug-likeness (QED) is 0.769. The maximum absolute atomic E-state index is 13.6. The smallest absolute Gasteiger partial charge is 0.362 e. The summed E-state index contributed by atoms with van der Waals surface area (Å²) >= 11 is 0. The molecule has 0 bridgehead atoms. The summed E-state index contributed by atoms with van der Waals surface area (Å²) in [5.41, 5.74) is -1.22. The van der Waals surface area contributed by atoms with Crippen LogP contribution in [0.4, 0.5) is 8.78 Å². The molecule has 0 amide bonds. The summed E-state index contributed by atoms with van der Waals surface area (Å²) in [6.07, 6.45) is 1.17. The van der Waals surface area contributed by atoms with Crippen molar-refractivity contribution in [1.82, 2.24) is 9.78 Å². The highest BCUT2D eigenvalue weighted by molar-refractivity contribution is 5.86. The van der Waals surface area contributed by atoms with Crippen molar-refractivity contribution < 1.29 is 18.3 Å². The minimum Gasteiger partial charge on any atom is -0.464 e. The van der Waals surface area contributed by atoms with Gasteiger partial charge in [-0.2, -0.15) is 5.10 Å². The van der Waals surface area contributed by atoms with Gasteiger partial charge >= 0.3 is 5.97 Å². The van der Waals surface area contributed by atoms with Crippen LogP contribution in [0.25, 0.3) is 5.69 Å². The lowest BCUT2D eigenvalue weighted by molar-refractivity contribution is 0.0590. The number of aromatic nitrogens is 2. The molecular formula is C12H8F2N2O3. The molecule has 0 spiro atoms. The molecule has 19 heavy (non-hydrogen) atoms. The van der Waals surface area contributed by atoms with Crippen LogP contribution in [0.5, 0.6) is 0 Å². The Kier molecular flexibility index (Phi) is 3.37. The summed E-state index contributed by atoms with van der Waals surface area (Å²) in [5.74, 6) is -2.54. The number of ether oxygens (including phenoxy) is 1. The topological polar surface area (TPSA) is 61.2 Å².